The minimum Gasteiger partial charge on any atom is -0.497 e. The van der Waals surface area contributed by atoms with Crippen molar-refractivity contribution in [2.75, 3.05) is 7.11 Å². The Labute approximate surface area is 167 Å². The van der Waals surface area contributed by atoms with Gasteiger partial charge in [-0.3, -0.25) is 4.79 Å². The highest BCUT2D eigenvalue weighted by atomic mass is 32.2. The Bertz CT molecular complexity index is 1200. The second-order valence-corrected chi connectivity index (χ2v) is 8.48. The van der Waals surface area contributed by atoms with Crippen LogP contribution in [0.15, 0.2) is 59.5 Å². The smallest absolute Gasteiger partial charge is 0.238 e. The molecule has 0 fully saturated rings. The Morgan fingerprint density at radius 1 is 1.14 bits per heavy atom. The topological polar surface area (TPSA) is 91.4 Å². The van der Waals surface area contributed by atoms with Crippen LogP contribution in [0.25, 0.3) is 0 Å². The number of benzene rings is 2. The summed E-state index contributed by atoms with van der Waals surface area (Å²) in [6.45, 7) is 0.570. The number of hydrogen-bond acceptors (Lipinski definition) is 4. The van der Waals surface area contributed by atoms with E-state index in [9.17, 15) is 17.6 Å². The van der Waals surface area contributed by atoms with E-state index < -0.39 is 15.8 Å². The highest BCUT2D eigenvalue weighted by molar-refractivity contribution is 7.89. The Morgan fingerprint density at radius 3 is 2.48 bits per heavy atom. The lowest BCUT2D eigenvalue weighted by Crippen LogP contribution is -2.13. The average molecular weight is 414 g/mol. The van der Waals surface area contributed by atoms with E-state index in [0.29, 0.717) is 35.5 Å². The van der Waals surface area contributed by atoms with E-state index in [1.165, 1.54) is 12.1 Å². The summed E-state index contributed by atoms with van der Waals surface area (Å²) in [4.78, 5) is 12.7. The fourth-order valence-electron chi connectivity index (χ4n) is 3.81. The fourth-order valence-corrected chi connectivity index (χ4v) is 4.34. The van der Waals surface area contributed by atoms with Crippen molar-refractivity contribution >= 4 is 15.8 Å². The van der Waals surface area contributed by atoms with Crippen LogP contribution in [0.4, 0.5) is 4.39 Å². The number of carbonyl (C=O) groups excluding carboxylic acids is 1. The van der Waals surface area contributed by atoms with Crippen molar-refractivity contribution in [1.82, 2.24) is 4.57 Å². The van der Waals surface area contributed by atoms with Gasteiger partial charge in [-0.25, -0.2) is 17.9 Å². The van der Waals surface area contributed by atoms with E-state index >= 15 is 0 Å². The van der Waals surface area contributed by atoms with Gasteiger partial charge in [-0.05, 0) is 60.5 Å². The fraction of sp³-hybridized carbons (Fsp3) is 0.190. The molecule has 0 spiro atoms. The largest absolute Gasteiger partial charge is 0.497 e. The maximum Gasteiger partial charge on any atom is 0.238 e. The molecule has 0 saturated heterocycles. The Hall–Kier alpha value is -2.97. The van der Waals surface area contributed by atoms with E-state index in [-0.39, 0.29) is 16.6 Å². The quantitative estimate of drug-likeness (QED) is 0.650. The monoisotopic (exact) mass is 414 g/mol. The van der Waals surface area contributed by atoms with Crippen molar-refractivity contribution < 1.29 is 22.3 Å². The molecule has 2 heterocycles. The third kappa shape index (κ3) is 3.45. The van der Waals surface area contributed by atoms with E-state index in [0.717, 1.165) is 11.8 Å². The highest BCUT2D eigenvalue weighted by Crippen LogP contribution is 2.38. The van der Waals surface area contributed by atoms with Crippen LogP contribution >= 0.6 is 0 Å². The van der Waals surface area contributed by atoms with Crippen molar-refractivity contribution in [3.8, 4) is 5.75 Å². The number of fused-ring (bicyclic) bond motifs is 1. The second-order valence-electron chi connectivity index (χ2n) is 6.92. The SMILES string of the molecule is COc1ccc(C(=O)c2ccc3n2CCC3c2ccc(S(N)(=O)=O)cc2F)cc1. The molecule has 1 atom stereocenters. The number of nitrogens with two attached hydrogens (primary N) is 1. The minimum absolute atomic E-state index is 0.121. The van der Waals surface area contributed by atoms with Crippen LogP contribution in [0.3, 0.4) is 0 Å². The van der Waals surface area contributed by atoms with Gasteiger partial charge in [0.25, 0.3) is 0 Å². The summed E-state index contributed by atoms with van der Waals surface area (Å²) in [5, 5.41) is 5.07. The van der Waals surface area contributed by atoms with Gasteiger partial charge in [0.15, 0.2) is 0 Å². The van der Waals surface area contributed by atoms with E-state index in [1.54, 1.807) is 37.4 Å². The maximum atomic E-state index is 14.6. The van der Waals surface area contributed by atoms with Crippen LogP contribution in [-0.2, 0) is 16.6 Å². The number of carbonyl (C=O) groups is 1. The number of methoxy groups -OCH3 is 1. The van der Waals surface area contributed by atoms with E-state index in [2.05, 4.69) is 0 Å². The molecule has 1 aliphatic heterocycles. The minimum atomic E-state index is -3.97. The summed E-state index contributed by atoms with van der Waals surface area (Å²) in [5.41, 5.74) is 2.29. The average Bonchev–Trinajstić information content (AvgIpc) is 3.29. The third-order valence-electron chi connectivity index (χ3n) is 5.27. The molecule has 29 heavy (non-hydrogen) atoms. The summed E-state index contributed by atoms with van der Waals surface area (Å²) < 4.78 is 44.5. The predicted octanol–water partition coefficient (Wildman–Crippen LogP) is 3.05. The molecule has 2 N–H and O–H groups in total. The Morgan fingerprint density at radius 2 is 1.86 bits per heavy atom. The van der Waals surface area contributed by atoms with Crippen LogP contribution < -0.4 is 9.88 Å². The van der Waals surface area contributed by atoms with Gasteiger partial charge in [-0.15, -0.1) is 0 Å². The summed E-state index contributed by atoms with van der Waals surface area (Å²) in [5.74, 6) is -0.342. The zero-order chi connectivity index (χ0) is 20.8. The predicted molar refractivity (Wildman–Crippen MR) is 105 cm³/mol. The highest BCUT2D eigenvalue weighted by Gasteiger charge is 2.30. The molecule has 8 heteroatoms. The third-order valence-corrected chi connectivity index (χ3v) is 6.18. The first kappa shape index (κ1) is 19.4. The number of ketones is 1. The first-order chi connectivity index (χ1) is 13.8. The van der Waals surface area contributed by atoms with Crippen molar-refractivity contribution in [3.05, 3.63) is 82.9 Å². The molecule has 0 aliphatic carbocycles. The van der Waals surface area contributed by atoms with Crippen LogP contribution in [0.5, 0.6) is 5.75 Å². The molecule has 0 amide bonds. The zero-order valence-corrected chi connectivity index (χ0v) is 16.4. The molecule has 1 aliphatic rings. The lowest BCUT2D eigenvalue weighted by atomic mass is 9.94. The van der Waals surface area contributed by atoms with Gasteiger partial charge in [0.05, 0.1) is 17.7 Å². The molecular weight excluding hydrogens is 395 g/mol. The molecule has 6 nitrogen and oxygen atoms in total. The zero-order valence-electron chi connectivity index (χ0n) is 15.6. The maximum absolute atomic E-state index is 14.6. The van der Waals surface area contributed by atoms with Crippen molar-refractivity contribution in [2.24, 2.45) is 5.14 Å². The van der Waals surface area contributed by atoms with Gasteiger partial charge in [0.1, 0.15) is 11.6 Å². The summed E-state index contributed by atoms with van der Waals surface area (Å²) in [6, 6.07) is 14.1. The van der Waals surface area contributed by atoms with Crippen LogP contribution in [-0.4, -0.2) is 25.9 Å². The second kappa shape index (κ2) is 7.13. The molecule has 0 saturated carbocycles. The number of sulfonamides is 1. The molecule has 4 rings (SSSR count). The number of hydrogen-bond donors (Lipinski definition) is 1. The van der Waals surface area contributed by atoms with Crippen molar-refractivity contribution in [2.45, 2.75) is 23.8 Å². The lowest BCUT2D eigenvalue weighted by molar-refractivity contribution is 0.103. The number of rotatable bonds is 5. The molecular formula is C21H19FN2O4S. The summed E-state index contributed by atoms with van der Waals surface area (Å²) >= 11 is 0. The van der Waals surface area contributed by atoms with Crippen LogP contribution in [0.1, 0.15) is 39.6 Å². The van der Waals surface area contributed by atoms with E-state index in [1.807, 2.05) is 10.6 Å². The number of primary sulfonamides is 1. The molecule has 1 unspecified atom stereocenters. The Kier molecular flexibility index (Phi) is 4.76. The number of aromatic nitrogens is 1. The first-order valence-corrected chi connectivity index (χ1v) is 10.5. The van der Waals surface area contributed by atoms with Gasteiger partial charge < -0.3 is 9.30 Å². The normalized spacial score (nSPS) is 15.9. The van der Waals surface area contributed by atoms with Gasteiger partial charge in [0, 0.05) is 23.7 Å². The molecule has 150 valence electrons. The standard InChI is InChI=1S/C21H19FN2O4S/c1-28-14-4-2-13(3-5-14)21(25)20-9-8-19-17(10-11-24(19)20)16-7-6-15(12-18(16)22)29(23,26)27/h2-9,12,17H,10-11H2,1H3,(H2,23,26,27). The van der Waals surface area contributed by atoms with Gasteiger partial charge in [0.2, 0.25) is 15.8 Å². The molecule has 1 aromatic heterocycles. The first-order valence-electron chi connectivity index (χ1n) is 9.00. The number of nitrogens with zero attached hydrogens (tertiary/aromatic N) is 1. The summed E-state index contributed by atoms with van der Waals surface area (Å²) in [7, 11) is -2.41. The Balaban J connectivity index is 1.66. The lowest BCUT2D eigenvalue weighted by Gasteiger charge is -2.12. The summed E-state index contributed by atoms with van der Waals surface area (Å²) in [6.07, 6.45) is 0.616. The molecule has 0 bridgehead atoms. The van der Waals surface area contributed by atoms with Crippen molar-refractivity contribution in [1.29, 1.82) is 0 Å². The number of halogens is 1. The van der Waals surface area contributed by atoms with Crippen molar-refractivity contribution in [3.63, 3.8) is 0 Å². The molecule has 3 aromatic rings. The van der Waals surface area contributed by atoms with Gasteiger partial charge in [-0.2, -0.15) is 0 Å². The molecule has 0 radical (unpaired) electrons. The van der Waals surface area contributed by atoms with Crippen LogP contribution in [0, 0.1) is 5.82 Å². The van der Waals surface area contributed by atoms with Crippen LogP contribution in [0.2, 0.25) is 0 Å². The number of ether oxygens (including phenoxy) is 1. The molecule has 2 aromatic carbocycles. The van der Waals surface area contributed by atoms with Gasteiger partial charge >= 0.3 is 0 Å². The van der Waals surface area contributed by atoms with Gasteiger partial charge in [-0.1, -0.05) is 6.07 Å². The van der Waals surface area contributed by atoms with E-state index in [4.69, 9.17) is 9.88 Å².